The molecule has 0 saturated heterocycles. The van der Waals surface area contributed by atoms with Crippen LogP contribution in [0.1, 0.15) is 22.3 Å². The topological polar surface area (TPSA) is 56.1 Å². The smallest absolute Gasteiger partial charge is 0.243 e. The van der Waals surface area contributed by atoms with Gasteiger partial charge in [-0.1, -0.05) is 23.8 Å². The molecule has 124 valence electrons. The van der Waals surface area contributed by atoms with Crippen molar-refractivity contribution in [1.29, 1.82) is 5.26 Å². The van der Waals surface area contributed by atoms with Gasteiger partial charge in [0.15, 0.2) is 0 Å². The molecule has 1 N–H and O–H groups in total. The number of benzene rings is 2. The van der Waals surface area contributed by atoms with Crippen LogP contribution in [-0.4, -0.2) is 19.5 Å². The summed E-state index contributed by atoms with van der Waals surface area (Å²) in [5.41, 5.74) is 4.25. The van der Waals surface area contributed by atoms with E-state index < -0.39 is 5.82 Å². The standard InChI is InChI=1S/C19H20FN3O/c1-12-8-13(2)19(14(3)9-12)22-18(24)11-23(4)17-7-5-6-16(20)15(17)10-21/h5-9H,11H2,1-4H3,(H,22,24). The SMILES string of the molecule is Cc1cc(C)c(NC(=O)CN(C)c2cccc(F)c2C#N)c(C)c1. The third-order valence-electron chi connectivity index (χ3n) is 3.84. The fourth-order valence-corrected chi connectivity index (χ4v) is 2.80. The Kier molecular flexibility index (Phi) is 5.20. The van der Waals surface area contributed by atoms with E-state index in [0.717, 1.165) is 22.4 Å². The summed E-state index contributed by atoms with van der Waals surface area (Å²) in [4.78, 5) is 13.9. The van der Waals surface area contributed by atoms with Crippen LogP contribution in [-0.2, 0) is 4.79 Å². The van der Waals surface area contributed by atoms with Gasteiger partial charge in [0.05, 0.1) is 12.2 Å². The average molecular weight is 325 g/mol. The molecule has 2 aromatic carbocycles. The maximum absolute atomic E-state index is 13.7. The molecule has 0 aliphatic carbocycles. The van der Waals surface area contributed by atoms with E-state index in [0.29, 0.717) is 5.69 Å². The van der Waals surface area contributed by atoms with Crippen LogP contribution in [0.25, 0.3) is 0 Å². The fourth-order valence-electron chi connectivity index (χ4n) is 2.80. The van der Waals surface area contributed by atoms with Crippen LogP contribution in [0.15, 0.2) is 30.3 Å². The molecule has 0 aliphatic rings. The van der Waals surface area contributed by atoms with Gasteiger partial charge in [0, 0.05) is 12.7 Å². The molecule has 1 amide bonds. The summed E-state index contributed by atoms with van der Waals surface area (Å²) in [5.74, 6) is -0.812. The fraction of sp³-hybridized carbons (Fsp3) is 0.263. The molecule has 0 bridgehead atoms. The normalized spacial score (nSPS) is 10.2. The lowest BCUT2D eigenvalue weighted by Gasteiger charge is -2.21. The second-order valence-electron chi connectivity index (χ2n) is 5.92. The maximum Gasteiger partial charge on any atom is 0.243 e. The molecule has 0 heterocycles. The third kappa shape index (κ3) is 3.72. The van der Waals surface area contributed by atoms with Gasteiger partial charge in [0.1, 0.15) is 17.4 Å². The first-order valence-electron chi connectivity index (χ1n) is 7.61. The molecule has 0 spiro atoms. The Balaban J connectivity index is 2.17. The van der Waals surface area contributed by atoms with Crippen molar-refractivity contribution in [2.45, 2.75) is 20.8 Å². The van der Waals surface area contributed by atoms with Crippen LogP contribution in [0.5, 0.6) is 0 Å². The Morgan fingerprint density at radius 3 is 2.46 bits per heavy atom. The Bertz CT molecular complexity index is 801. The molecule has 0 aromatic heterocycles. The summed E-state index contributed by atoms with van der Waals surface area (Å²) >= 11 is 0. The first-order valence-corrected chi connectivity index (χ1v) is 7.61. The van der Waals surface area contributed by atoms with Crippen LogP contribution in [0.3, 0.4) is 0 Å². The number of hydrogen-bond donors (Lipinski definition) is 1. The van der Waals surface area contributed by atoms with Crippen molar-refractivity contribution < 1.29 is 9.18 Å². The van der Waals surface area contributed by atoms with E-state index in [1.807, 2.05) is 39.0 Å². The second-order valence-corrected chi connectivity index (χ2v) is 5.92. The highest BCUT2D eigenvalue weighted by atomic mass is 19.1. The van der Waals surface area contributed by atoms with Crippen molar-refractivity contribution in [3.8, 4) is 6.07 Å². The first-order chi connectivity index (χ1) is 11.3. The molecule has 0 saturated carbocycles. The summed E-state index contributed by atoms with van der Waals surface area (Å²) < 4.78 is 13.7. The number of hydrogen-bond acceptors (Lipinski definition) is 3. The third-order valence-corrected chi connectivity index (χ3v) is 3.84. The molecule has 2 aromatic rings. The highest BCUT2D eigenvalue weighted by Crippen LogP contribution is 2.23. The molecule has 0 fully saturated rings. The quantitative estimate of drug-likeness (QED) is 0.932. The summed E-state index contributed by atoms with van der Waals surface area (Å²) in [6.07, 6.45) is 0. The van der Waals surface area contributed by atoms with E-state index in [1.165, 1.54) is 12.1 Å². The van der Waals surface area contributed by atoms with Gasteiger partial charge in [-0.3, -0.25) is 4.79 Å². The van der Waals surface area contributed by atoms with E-state index in [4.69, 9.17) is 5.26 Å². The number of halogens is 1. The van der Waals surface area contributed by atoms with Gasteiger partial charge in [0.25, 0.3) is 0 Å². The van der Waals surface area contributed by atoms with Crippen molar-refractivity contribution in [3.63, 3.8) is 0 Å². The van der Waals surface area contributed by atoms with Gasteiger partial charge >= 0.3 is 0 Å². The lowest BCUT2D eigenvalue weighted by atomic mass is 10.1. The summed E-state index contributed by atoms with van der Waals surface area (Å²) in [5, 5.41) is 12.0. The van der Waals surface area contributed by atoms with Crippen molar-refractivity contribution in [1.82, 2.24) is 0 Å². The molecule has 4 nitrogen and oxygen atoms in total. The Morgan fingerprint density at radius 1 is 1.25 bits per heavy atom. The van der Waals surface area contributed by atoms with Gasteiger partial charge in [0.2, 0.25) is 5.91 Å². The van der Waals surface area contributed by atoms with Crippen molar-refractivity contribution >= 4 is 17.3 Å². The zero-order valence-electron chi connectivity index (χ0n) is 14.3. The molecule has 0 radical (unpaired) electrons. The number of carbonyl (C=O) groups excluding carboxylic acids is 1. The molecule has 0 unspecified atom stereocenters. The number of likely N-dealkylation sites (N-methyl/N-ethyl adjacent to an activating group) is 1. The molecule has 0 aliphatic heterocycles. The highest BCUT2D eigenvalue weighted by Gasteiger charge is 2.15. The van der Waals surface area contributed by atoms with E-state index >= 15 is 0 Å². The second kappa shape index (κ2) is 7.14. The van der Waals surface area contributed by atoms with Crippen LogP contribution >= 0.6 is 0 Å². The monoisotopic (exact) mass is 325 g/mol. The number of rotatable bonds is 4. The zero-order chi connectivity index (χ0) is 17.9. The number of amides is 1. The number of nitrogens with zero attached hydrogens (tertiary/aromatic N) is 2. The van der Waals surface area contributed by atoms with Gasteiger partial charge < -0.3 is 10.2 Å². The minimum absolute atomic E-state index is 0.0187. The number of anilines is 2. The number of carbonyl (C=O) groups is 1. The molecule has 5 heteroatoms. The highest BCUT2D eigenvalue weighted by molar-refractivity contribution is 5.95. The van der Waals surface area contributed by atoms with Crippen molar-refractivity contribution in [3.05, 3.63) is 58.4 Å². The van der Waals surface area contributed by atoms with Gasteiger partial charge in [-0.2, -0.15) is 5.26 Å². The summed E-state index contributed by atoms with van der Waals surface area (Å²) in [7, 11) is 1.66. The molecule has 0 atom stereocenters. The van der Waals surface area contributed by atoms with Crippen LogP contribution in [0, 0.1) is 37.9 Å². The average Bonchev–Trinajstić information content (AvgIpc) is 2.50. The molecule has 24 heavy (non-hydrogen) atoms. The Hall–Kier alpha value is -2.87. The van der Waals surface area contributed by atoms with E-state index in [-0.39, 0.29) is 18.0 Å². The summed E-state index contributed by atoms with van der Waals surface area (Å²) in [6, 6.07) is 10.2. The zero-order valence-corrected chi connectivity index (χ0v) is 14.3. The van der Waals surface area contributed by atoms with E-state index in [1.54, 1.807) is 18.0 Å². The predicted molar refractivity (Wildman–Crippen MR) is 93.7 cm³/mol. The first kappa shape index (κ1) is 17.5. The van der Waals surface area contributed by atoms with E-state index in [9.17, 15) is 9.18 Å². The van der Waals surface area contributed by atoms with Gasteiger partial charge in [-0.15, -0.1) is 0 Å². The van der Waals surface area contributed by atoms with Gasteiger partial charge in [-0.05, 0) is 44.0 Å². The lowest BCUT2D eigenvalue weighted by molar-refractivity contribution is -0.114. The van der Waals surface area contributed by atoms with Crippen LogP contribution in [0.2, 0.25) is 0 Å². The van der Waals surface area contributed by atoms with Crippen molar-refractivity contribution in [2.24, 2.45) is 0 Å². The molecular formula is C19H20FN3O. The predicted octanol–water partition coefficient (Wildman–Crippen LogP) is 3.70. The van der Waals surface area contributed by atoms with Crippen LogP contribution < -0.4 is 10.2 Å². The Labute approximate surface area is 141 Å². The summed E-state index contributed by atoms with van der Waals surface area (Å²) in [6.45, 7) is 5.91. The number of nitrogens with one attached hydrogen (secondary N) is 1. The minimum atomic E-state index is -0.590. The molecular weight excluding hydrogens is 305 g/mol. The number of aryl methyl sites for hydroxylation is 3. The lowest BCUT2D eigenvalue weighted by Crippen LogP contribution is -2.31. The number of nitriles is 1. The van der Waals surface area contributed by atoms with E-state index in [2.05, 4.69) is 5.32 Å². The van der Waals surface area contributed by atoms with Crippen LogP contribution in [0.4, 0.5) is 15.8 Å². The van der Waals surface area contributed by atoms with Crippen molar-refractivity contribution in [2.75, 3.05) is 23.8 Å². The minimum Gasteiger partial charge on any atom is -0.364 e. The maximum atomic E-state index is 13.7. The molecule has 2 rings (SSSR count). The van der Waals surface area contributed by atoms with Gasteiger partial charge in [-0.25, -0.2) is 4.39 Å². The Morgan fingerprint density at radius 2 is 1.88 bits per heavy atom. The largest absolute Gasteiger partial charge is 0.364 e.